The van der Waals surface area contributed by atoms with Gasteiger partial charge in [0.15, 0.2) is 10.4 Å². The van der Waals surface area contributed by atoms with Crippen LogP contribution in [-0.4, -0.2) is 24.9 Å². The van der Waals surface area contributed by atoms with E-state index in [1.54, 1.807) is 24.3 Å². The highest BCUT2D eigenvalue weighted by Crippen LogP contribution is 2.33. The topological polar surface area (TPSA) is 87.3 Å². The van der Waals surface area contributed by atoms with Gasteiger partial charge in [0.05, 0.1) is 23.3 Å². The molecule has 0 spiro atoms. The molecule has 3 aromatic heterocycles. The Balaban J connectivity index is 1.83. The van der Waals surface area contributed by atoms with Crippen molar-refractivity contribution in [2.45, 2.75) is 6.18 Å². The Morgan fingerprint density at radius 2 is 1.72 bits per heavy atom. The third kappa shape index (κ3) is 3.76. The van der Waals surface area contributed by atoms with E-state index in [2.05, 4.69) is 24.9 Å². The van der Waals surface area contributed by atoms with Crippen LogP contribution < -0.4 is 5.56 Å². The number of halogens is 4. The largest absolute Gasteiger partial charge is 0.416 e. The van der Waals surface area contributed by atoms with Crippen LogP contribution in [0.25, 0.3) is 33.5 Å². The predicted molar refractivity (Wildman–Crippen MR) is 104 cm³/mol. The van der Waals surface area contributed by atoms with Gasteiger partial charge in [-0.05, 0) is 29.9 Å². The van der Waals surface area contributed by atoms with E-state index in [-0.39, 0.29) is 26.7 Å². The van der Waals surface area contributed by atoms with E-state index in [1.165, 1.54) is 6.33 Å². The quantitative estimate of drug-likeness (QED) is 0.349. The van der Waals surface area contributed by atoms with Gasteiger partial charge in [-0.15, -0.1) is 0 Å². The van der Waals surface area contributed by atoms with Crippen LogP contribution in [0.3, 0.4) is 0 Å². The molecule has 0 aliphatic rings. The van der Waals surface area contributed by atoms with Crippen LogP contribution in [-0.2, 0) is 6.18 Å². The molecule has 0 atom stereocenters. The molecule has 0 radical (unpaired) electrons. The summed E-state index contributed by atoms with van der Waals surface area (Å²) in [5, 5.41) is -0.0465. The summed E-state index contributed by atoms with van der Waals surface area (Å²) in [6.07, 6.45) is -3.32. The van der Waals surface area contributed by atoms with Crippen LogP contribution >= 0.6 is 23.8 Å². The molecule has 4 aromatic rings. The van der Waals surface area contributed by atoms with Crippen molar-refractivity contribution in [2.24, 2.45) is 0 Å². The number of hydrogen-bond acceptors (Lipinski definition) is 5. The lowest BCUT2D eigenvalue weighted by molar-refractivity contribution is -0.137. The number of benzene rings is 1. The minimum atomic E-state index is -4.54. The van der Waals surface area contributed by atoms with Crippen LogP contribution in [0.1, 0.15) is 5.56 Å². The molecule has 0 aliphatic carbocycles. The van der Waals surface area contributed by atoms with Gasteiger partial charge in [0.1, 0.15) is 10.5 Å². The summed E-state index contributed by atoms with van der Waals surface area (Å²) in [7, 11) is 0. The average Bonchev–Trinajstić information content (AvgIpc) is 2.66. The van der Waals surface area contributed by atoms with Crippen LogP contribution in [0.4, 0.5) is 13.2 Å². The van der Waals surface area contributed by atoms with Crippen LogP contribution in [0.5, 0.6) is 0 Å². The Morgan fingerprint density at radius 3 is 2.41 bits per heavy atom. The first-order valence-electron chi connectivity index (χ1n) is 8.06. The molecule has 11 heteroatoms. The van der Waals surface area contributed by atoms with Crippen LogP contribution in [0, 0.1) is 4.77 Å². The lowest BCUT2D eigenvalue weighted by Crippen LogP contribution is -2.10. The second kappa shape index (κ2) is 7.05. The maximum atomic E-state index is 13.0. The smallest absolute Gasteiger partial charge is 0.330 e. The maximum absolute atomic E-state index is 13.0. The zero-order chi connectivity index (χ0) is 20.8. The summed E-state index contributed by atoms with van der Waals surface area (Å²) in [4.78, 5) is 29.6. The van der Waals surface area contributed by atoms with E-state index < -0.39 is 17.3 Å². The van der Waals surface area contributed by atoms with Crippen molar-refractivity contribution in [3.05, 3.63) is 68.6 Å². The molecule has 146 valence electrons. The van der Waals surface area contributed by atoms with E-state index >= 15 is 0 Å². The van der Waals surface area contributed by atoms with Crippen molar-refractivity contribution in [3.8, 4) is 22.5 Å². The van der Waals surface area contributed by atoms with Crippen molar-refractivity contribution >= 4 is 34.9 Å². The van der Waals surface area contributed by atoms with Crippen LogP contribution in [0.15, 0.2) is 47.5 Å². The molecule has 0 unspecified atom stereocenters. The fourth-order valence-electron chi connectivity index (χ4n) is 2.83. The van der Waals surface area contributed by atoms with E-state index in [1.807, 2.05) is 0 Å². The second-order valence-corrected chi connectivity index (χ2v) is 6.76. The highest BCUT2D eigenvalue weighted by molar-refractivity contribution is 7.71. The molecule has 0 saturated carbocycles. The lowest BCUT2D eigenvalue weighted by Gasteiger charge is -2.10. The minimum absolute atomic E-state index is 0.0726. The van der Waals surface area contributed by atoms with Crippen molar-refractivity contribution < 1.29 is 13.2 Å². The Labute approximate surface area is 170 Å². The zero-order valence-electron chi connectivity index (χ0n) is 14.2. The Kier molecular flexibility index (Phi) is 4.67. The first kappa shape index (κ1) is 19.2. The van der Waals surface area contributed by atoms with Crippen molar-refractivity contribution in [1.82, 2.24) is 24.9 Å². The van der Waals surface area contributed by atoms with E-state index in [0.29, 0.717) is 16.8 Å². The van der Waals surface area contributed by atoms with Gasteiger partial charge in [-0.3, -0.25) is 4.79 Å². The highest BCUT2D eigenvalue weighted by Gasteiger charge is 2.31. The van der Waals surface area contributed by atoms with Gasteiger partial charge < -0.3 is 9.97 Å². The van der Waals surface area contributed by atoms with Gasteiger partial charge in [-0.2, -0.15) is 18.2 Å². The van der Waals surface area contributed by atoms with E-state index in [9.17, 15) is 18.0 Å². The number of alkyl halides is 3. The molecule has 1 aromatic carbocycles. The Morgan fingerprint density at radius 1 is 1.03 bits per heavy atom. The van der Waals surface area contributed by atoms with Gasteiger partial charge in [0.2, 0.25) is 0 Å². The van der Waals surface area contributed by atoms with Gasteiger partial charge in [0.25, 0.3) is 5.56 Å². The van der Waals surface area contributed by atoms with Gasteiger partial charge in [-0.1, -0.05) is 35.9 Å². The average molecular weight is 436 g/mol. The molecule has 29 heavy (non-hydrogen) atoms. The van der Waals surface area contributed by atoms with E-state index in [0.717, 1.165) is 12.1 Å². The Bertz CT molecular complexity index is 1350. The number of H-pyrrole nitrogens is 2. The fraction of sp³-hybridized carbons (Fsp3) is 0.0556. The Hall–Kier alpha value is -3.11. The molecular weight excluding hydrogens is 427 g/mol. The molecule has 6 nitrogen and oxygen atoms in total. The maximum Gasteiger partial charge on any atom is 0.416 e. The van der Waals surface area contributed by atoms with Crippen molar-refractivity contribution in [1.29, 1.82) is 0 Å². The molecule has 3 heterocycles. The molecule has 0 aliphatic heterocycles. The molecule has 2 N–H and O–H groups in total. The molecule has 0 fully saturated rings. The number of aromatic amines is 2. The summed E-state index contributed by atoms with van der Waals surface area (Å²) in [5.74, 6) is 0. The normalized spacial score (nSPS) is 11.7. The molecule has 4 rings (SSSR count). The minimum Gasteiger partial charge on any atom is -0.330 e. The molecule has 0 saturated heterocycles. The third-order valence-electron chi connectivity index (χ3n) is 4.11. The predicted octanol–water partition coefficient (Wildman–Crippen LogP) is 4.78. The van der Waals surface area contributed by atoms with Gasteiger partial charge in [-0.25, -0.2) is 9.97 Å². The second-order valence-electron chi connectivity index (χ2n) is 5.99. The fourth-order valence-corrected chi connectivity index (χ4v) is 3.22. The summed E-state index contributed by atoms with van der Waals surface area (Å²) in [6.45, 7) is 0. The van der Waals surface area contributed by atoms with Gasteiger partial charge in [0, 0.05) is 5.56 Å². The number of hydrogen-bond donors (Lipinski definition) is 2. The summed E-state index contributed by atoms with van der Waals surface area (Å²) in [6, 6.07) is 8.08. The van der Waals surface area contributed by atoms with Crippen LogP contribution in [0.2, 0.25) is 5.15 Å². The first-order chi connectivity index (χ1) is 13.7. The van der Waals surface area contributed by atoms with E-state index in [4.69, 9.17) is 23.8 Å². The molecule has 0 bridgehead atoms. The SMILES string of the molecule is O=c1[nH]cnc2nc(=S)[nH]c(-c3ccc(-c4cc(C(F)(F)F)cc(Cl)n4)cc3)c12. The van der Waals surface area contributed by atoms with Crippen molar-refractivity contribution in [3.63, 3.8) is 0 Å². The van der Waals surface area contributed by atoms with Gasteiger partial charge >= 0.3 is 6.18 Å². The third-order valence-corrected chi connectivity index (χ3v) is 4.50. The highest BCUT2D eigenvalue weighted by atomic mass is 35.5. The number of aromatic nitrogens is 5. The number of fused-ring (bicyclic) bond motifs is 1. The number of pyridine rings is 1. The monoisotopic (exact) mass is 435 g/mol. The number of rotatable bonds is 2. The summed E-state index contributed by atoms with van der Waals surface area (Å²) in [5.41, 5.74) is 0.356. The number of nitrogens with zero attached hydrogens (tertiary/aromatic N) is 3. The molecule has 0 amide bonds. The zero-order valence-corrected chi connectivity index (χ0v) is 15.8. The summed E-state index contributed by atoms with van der Waals surface area (Å²) < 4.78 is 39.2. The van der Waals surface area contributed by atoms with Crippen molar-refractivity contribution in [2.75, 3.05) is 0 Å². The standard InChI is InChI=1S/C18H9ClF3N5OS/c19-12-6-10(18(20,21)22)5-11(25-12)8-1-3-9(4-2-8)14-13-15(27-17(29)26-14)23-7-24-16(13)28/h1-7H,(H2,23,24,26,27,28,29). The first-order valence-corrected chi connectivity index (χ1v) is 8.84. The summed E-state index contributed by atoms with van der Waals surface area (Å²) >= 11 is 10.8. The molecular formula is C18H9ClF3N5OS. The number of nitrogens with one attached hydrogen (secondary N) is 2. The lowest BCUT2D eigenvalue weighted by atomic mass is 10.0.